The minimum Gasteiger partial charge on any atom is -0.456 e. The van der Waals surface area contributed by atoms with E-state index in [-0.39, 0.29) is 0 Å². The van der Waals surface area contributed by atoms with Gasteiger partial charge in [-0.1, -0.05) is 127 Å². The zero-order valence-corrected chi connectivity index (χ0v) is 30.2. The van der Waals surface area contributed by atoms with E-state index in [2.05, 4.69) is 146 Å². The molecule has 0 saturated heterocycles. The fourth-order valence-corrected chi connectivity index (χ4v) is 7.87. The minimum absolute atomic E-state index is 0.669. The van der Waals surface area contributed by atoms with Crippen LogP contribution in [0.1, 0.15) is 0 Å². The smallest absolute Gasteiger partial charge is 0.160 e. The first kappa shape index (κ1) is 31.9. The molecule has 0 atom stereocenters. The highest BCUT2D eigenvalue weighted by Crippen LogP contribution is 2.38. The average Bonchev–Trinajstić information content (AvgIpc) is 3.84. The van der Waals surface area contributed by atoms with Crippen molar-refractivity contribution in [3.63, 3.8) is 0 Å². The van der Waals surface area contributed by atoms with Gasteiger partial charge < -0.3 is 8.83 Å². The van der Waals surface area contributed by atoms with Crippen molar-refractivity contribution in [2.45, 2.75) is 0 Å². The van der Waals surface area contributed by atoms with Crippen molar-refractivity contribution in [2.24, 2.45) is 0 Å². The van der Waals surface area contributed by atoms with E-state index < -0.39 is 0 Å². The Morgan fingerprint density at radius 3 is 1.32 bits per heavy atom. The molecule has 0 radical (unpaired) electrons. The Balaban J connectivity index is 1.07. The molecular formula is C52H32N2O2. The van der Waals surface area contributed by atoms with Crippen LogP contribution in [-0.2, 0) is 0 Å². The predicted octanol–water partition coefficient (Wildman–Crippen LogP) is 14.3. The summed E-state index contributed by atoms with van der Waals surface area (Å²) in [5.74, 6) is 0.669. The predicted molar refractivity (Wildman–Crippen MR) is 229 cm³/mol. The summed E-state index contributed by atoms with van der Waals surface area (Å²) in [6.45, 7) is 0. The van der Waals surface area contributed by atoms with Crippen LogP contribution in [0.25, 0.3) is 111 Å². The first-order chi connectivity index (χ1) is 27.7. The second kappa shape index (κ2) is 13.1. The molecule has 8 aromatic carbocycles. The van der Waals surface area contributed by atoms with E-state index in [1.807, 2.05) is 48.5 Å². The van der Waals surface area contributed by atoms with Crippen molar-refractivity contribution in [1.82, 2.24) is 9.97 Å². The van der Waals surface area contributed by atoms with Crippen LogP contribution in [0, 0.1) is 0 Å². The largest absolute Gasteiger partial charge is 0.456 e. The van der Waals surface area contributed by atoms with E-state index >= 15 is 0 Å². The number of rotatable bonds is 6. The maximum absolute atomic E-state index is 6.32. The molecule has 11 aromatic rings. The maximum atomic E-state index is 6.32. The Morgan fingerprint density at radius 2 is 0.679 bits per heavy atom. The fourth-order valence-electron chi connectivity index (χ4n) is 7.87. The van der Waals surface area contributed by atoms with Crippen LogP contribution >= 0.6 is 0 Å². The van der Waals surface area contributed by atoms with Crippen LogP contribution in [0.2, 0.25) is 0 Å². The number of hydrogen-bond donors (Lipinski definition) is 0. The molecule has 262 valence electrons. The Kier molecular flexibility index (Phi) is 7.46. The summed E-state index contributed by atoms with van der Waals surface area (Å²) in [6, 6.07) is 67.5. The third-order valence-corrected chi connectivity index (χ3v) is 10.7. The fraction of sp³-hybridized carbons (Fsp3) is 0. The molecule has 3 aromatic heterocycles. The van der Waals surface area contributed by atoms with E-state index in [0.717, 1.165) is 105 Å². The van der Waals surface area contributed by atoms with Crippen molar-refractivity contribution in [1.29, 1.82) is 0 Å². The van der Waals surface area contributed by atoms with Crippen LogP contribution < -0.4 is 0 Å². The van der Waals surface area contributed by atoms with Crippen molar-refractivity contribution < 1.29 is 8.83 Å². The van der Waals surface area contributed by atoms with Gasteiger partial charge in [-0.3, -0.25) is 0 Å². The van der Waals surface area contributed by atoms with Gasteiger partial charge in [0.2, 0.25) is 0 Å². The Bertz CT molecular complexity index is 3250. The molecule has 0 unspecified atom stereocenters. The van der Waals surface area contributed by atoms with Gasteiger partial charge in [-0.25, -0.2) is 9.97 Å². The third-order valence-electron chi connectivity index (χ3n) is 10.7. The number of fused-ring (bicyclic) bond motifs is 6. The Labute approximate surface area is 323 Å². The summed E-state index contributed by atoms with van der Waals surface area (Å²) in [4.78, 5) is 10.4. The van der Waals surface area contributed by atoms with Gasteiger partial charge in [-0.2, -0.15) is 0 Å². The summed E-state index contributed by atoms with van der Waals surface area (Å²) in [7, 11) is 0. The van der Waals surface area contributed by atoms with Gasteiger partial charge in [0.05, 0.1) is 11.4 Å². The van der Waals surface area contributed by atoms with Gasteiger partial charge in [-0.15, -0.1) is 0 Å². The van der Waals surface area contributed by atoms with E-state index in [4.69, 9.17) is 18.8 Å². The SMILES string of the molecule is c1ccc(-c2cc(-c3ccc4c(c3)oc3ccccc34)cc(-c3cc(-c4cccc(-c5ccc6c(c5)oc5ccccc56)c4)nc(-c4ccccc4)n3)c2)cc1. The molecule has 0 amide bonds. The number of benzene rings is 8. The average molecular weight is 717 g/mol. The highest BCUT2D eigenvalue weighted by atomic mass is 16.3. The number of nitrogens with zero attached hydrogens (tertiary/aromatic N) is 2. The summed E-state index contributed by atoms with van der Waals surface area (Å²) < 4.78 is 12.6. The molecule has 0 aliphatic carbocycles. The quantitative estimate of drug-likeness (QED) is 0.172. The van der Waals surface area contributed by atoms with Gasteiger partial charge in [0.15, 0.2) is 5.82 Å². The molecule has 0 spiro atoms. The van der Waals surface area contributed by atoms with Crippen LogP contribution in [0.3, 0.4) is 0 Å². The third kappa shape index (κ3) is 5.64. The monoisotopic (exact) mass is 716 g/mol. The van der Waals surface area contributed by atoms with Crippen molar-refractivity contribution in [2.75, 3.05) is 0 Å². The van der Waals surface area contributed by atoms with E-state index in [9.17, 15) is 0 Å². The molecule has 0 aliphatic rings. The molecule has 56 heavy (non-hydrogen) atoms. The minimum atomic E-state index is 0.669. The summed E-state index contributed by atoms with van der Waals surface area (Å²) in [5.41, 5.74) is 14.7. The molecule has 0 N–H and O–H groups in total. The Hall–Kier alpha value is -7.56. The van der Waals surface area contributed by atoms with Crippen LogP contribution in [-0.4, -0.2) is 9.97 Å². The number of furan rings is 2. The number of hydrogen-bond acceptors (Lipinski definition) is 4. The van der Waals surface area contributed by atoms with Gasteiger partial charge in [-0.05, 0) is 100 Å². The van der Waals surface area contributed by atoms with Crippen LogP contribution in [0.5, 0.6) is 0 Å². The molecule has 0 fully saturated rings. The lowest BCUT2D eigenvalue weighted by Crippen LogP contribution is -1.97. The summed E-state index contributed by atoms with van der Waals surface area (Å²) >= 11 is 0. The van der Waals surface area contributed by atoms with Crippen molar-refractivity contribution in [3.05, 3.63) is 194 Å². The highest BCUT2D eigenvalue weighted by Gasteiger charge is 2.16. The highest BCUT2D eigenvalue weighted by molar-refractivity contribution is 6.07. The lowest BCUT2D eigenvalue weighted by atomic mass is 9.94. The molecule has 0 saturated carbocycles. The second-order valence-corrected chi connectivity index (χ2v) is 14.2. The lowest BCUT2D eigenvalue weighted by Gasteiger charge is -2.14. The normalized spacial score (nSPS) is 11.6. The van der Waals surface area contributed by atoms with E-state index in [1.54, 1.807) is 0 Å². The lowest BCUT2D eigenvalue weighted by molar-refractivity contribution is 0.668. The first-order valence-corrected chi connectivity index (χ1v) is 18.8. The molecule has 3 heterocycles. The Morgan fingerprint density at radius 1 is 0.250 bits per heavy atom. The molecule has 0 aliphatic heterocycles. The molecule has 11 rings (SSSR count). The van der Waals surface area contributed by atoms with Gasteiger partial charge >= 0.3 is 0 Å². The molecular weight excluding hydrogens is 685 g/mol. The van der Waals surface area contributed by atoms with E-state index in [0.29, 0.717) is 5.82 Å². The summed E-state index contributed by atoms with van der Waals surface area (Å²) in [5, 5.41) is 4.47. The van der Waals surface area contributed by atoms with E-state index in [1.165, 1.54) is 0 Å². The number of para-hydroxylation sites is 2. The van der Waals surface area contributed by atoms with Crippen molar-refractivity contribution in [3.8, 4) is 67.3 Å². The molecule has 4 heteroatoms. The van der Waals surface area contributed by atoms with Crippen LogP contribution in [0.4, 0.5) is 0 Å². The summed E-state index contributed by atoms with van der Waals surface area (Å²) in [6.07, 6.45) is 0. The van der Waals surface area contributed by atoms with Crippen LogP contribution in [0.15, 0.2) is 203 Å². The van der Waals surface area contributed by atoms with Gasteiger partial charge in [0.25, 0.3) is 0 Å². The van der Waals surface area contributed by atoms with Crippen molar-refractivity contribution >= 4 is 43.9 Å². The second-order valence-electron chi connectivity index (χ2n) is 14.2. The zero-order chi connectivity index (χ0) is 37.0. The first-order valence-electron chi connectivity index (χ1n) is 18.8. The molecule has 0 bridgehead atoms. The molecule has 4 nitrogen and oxygen atoms in total. The zero-order valence-electron chi connectivity index (χ0n) is 30.2. The standard InChI is InChI=1S/C52H32N2O2/c1-3-12-33(13-4-1)39-27-40(37-23-25-45-43-19-8-10-21-49(43)56-51(45)31-37)29-41(28-39)47-32-46(53-52(54-47)34-14-5-2-6-15-34)38-17-11-16-35(26-38)36-22-24-44-42-18-7-9-20-48(42)55-50(44)30-36/h1-32H. The van der Waals surface area contributed by atoms with Gasteiger partial charge in [0.1, 0.15) is 22.3 Å². The number of aromatic nitrogens is 2. The van der Waals surface area contributed by atoms with Gasteiger partial charge in [0, 0.05) is 38.2 Å². The topological polar surface area (TPSA) is 52.1 Å². The maximum Gasteiger partial charge on any atom is 0.160 e.